The molecule has 0 aliphatic carbocycles. The molecule has 2 aromatic rings. The average molecular weight is 400 g/mol. The lowest BCUT2D eigenvalue weighted by atomic mass is 9.98. The Morgan fingerprint density at radius 3 is 2.75 bits per heavy atom. The van der Waals surface area contributed by atoms with Crippen LogP contribution in [0.15, 0.2) is 35.3 Å². The molecule has 28 heavy (non-hydrogen) atoms. The van der Waals surface area contributed by atoms with Crippen molar-refractivity contribution in [2.24, 2.45) is 10.9 Å². The van der Waals surface area contributed by atoms with Gasteiger partial charge >= 0.3 is 0 Å². The summed E-state index contributed by atoms with van der Waals surface area (Å²) in [6.45, 7) is 4.14. The maximum Gasteiger partial charge on any atom is 0.288 e. The largest absolute Gasteiger partial charge is 0.352 e. The molecule has 144 valence electrons. The maximum absolute atomic E-state index is 12.3. The second-order valence-corrected chi connectivity index (χ2v) is 7.04. The second kappa shape index (κ2) is 7.90. The highest BCUT2D eigenvalue weighted by Gasteiger charge is 2.20. The molecule has 0 saturated carbocycles. The van der Waals surface area contributed by atoms with Gasteiger partial charge in [0, 0.05) is 18.2 Å². The van der Waals surface area contributed by atoms with Crippen LogP contribution in [0.3, 0.4) is 0 Å². The Kier molecular flexibility index (Phi) is 5.56. The highest BCUT2D eigenvalue weighted by Crippen LogP contribution is 2.25. The van der Waals surface area contributed by atoms with Crippen molar-refractivity contribution < 1.29 is 14.5 Å². The summed E-state index contributed by atoms with van der Waals surface area (Å²) in [5.74, 6) is -1.13. The normalized spacial score (nSPS) is 15.2. The van der Waals surface area contributed by atoms with Crippen LogP contribution < -0.4 is 15.9 Å². The first-order valence-corrected chi connectivity index (χ1v) is 9.08. The van der Waals surface area contributed by atoms with Crippen molar-refractivity contribution in [2.75, 3.05) is 6.54 Å². The number of carbonyl (C=O) groups is 2. The van der Waals surface area contributed by atoms with Gasteiger partial charge in [0.15, 0.2) is 0 Å². The lowest BCUT2D eigenvalue weighted by Gasteiger charge is -2.14. The predicted molar refractivity (Wildman–Crippen MR) is 105 cm³/mol. The van der Waals surface area contributed by atoms with E-state index in [1.165, 1.54) is 12.1 Å². The van der Waals surface area contributed by atoms with Crippen molar-refractivity contribution in [3.05, 3.63) is 72.7 Å². The fourth-order valence-corrected chi connectivity index (χ4v) is 3.22. The summed E-state index contributed by atoms with van der Waals surface area (Å²) in [5, 5.41) is 15.2. The van der Waals surface area contributed by atoms with Gasteiger partial charge in [-0.1, -0.05) is 29.8 Å². The van der Waals surface area contributed by atoms with E-state index in [2.05, 4.69) is 10.3 Å². The second-order valence-electron chi connectivity index (χ2n) is 6.64. The molecule has 0 saturated heterocycles. The smallest absolute Gasteiger partial charge is 0.288 e. The number of amides is 2. The minimum Gasteiger partial charge on any atom is -0.352 e. The van der Waals surface area contributed by atoms with Gasteiger partial charge in [0.2, 0.25) is 0 Å². The topological polar surface area (TPSA) is 102 Å². The molecule has 1 aliphatic rings. The molecule has 0 fully saturated rings. The summed E-state index contributed by atoms with van der Waals surface area (Å²) in [5.41, 5.74) is 1.87. The van der Waals surface area contributed by atoms with Crippen molar-refractivity contribution in [3.8, 4) is 0 Å². The summed E-state index contributed by atoms with van der Waals surface area (Å²) < 4.78 is 0. The number of hydrogen-bond acceptors (Lipinski definition) is 4. The summed E-state index contributed by atoms with van der Waals surface area (Å²) in [7, 11) is 0. The fourth-order valence-electron chi connectivity index (χ4n) is 3.03. The molecule has 3 rings (SSSR count). The molecule has 1 aliphatic heterocycles. The molecule has 1 heterocycles. The van der Waals surface area contributed by atoms with Gasteiger partial charge in [-0.15, -0.1) is 0 Å². The van der Waals surface area contributed by atoms with E-state index in [4.69, 9.17) is 11.6 Å². The number of nitrogens with one attached hydrogen (secondary N) is 1. The van der Waals surface area contributed by atoms with E-state index in [1.807, 2.05) is 32.1 Å². The van der Waals surface area contributed by atoms with E-state index in [0.29, 0.717) is 11.8 Å². The molecule has 7 nitrogen and oxygen atoms in total. The first-order valence-electron chi connectivity index (χ1n) is 8.70. The molecule has 0 radical (unpaired) electrons. The van der Waals surface area contributed by atoms with Crippen molar-refractivity contribution >= 4 is 35.2 Å². The molecule has 0 aromatic heterocycles. The minimum atomic E-state index is -0.641. The van der Waals surface area contributed by atoms with Crippen LogP contribution >= 0.6 is 11.6 Å². The third kappa shape index (κ3) is 3.94. The molecule has 1 unspecified atom stereocenters. The van der Waals surface area contributed by atoms with E-state index in [0.717, 1.165) is 22.4 Å². The van der Waals surface area contributed by atoms with Crippen molar-refractivity contribution in [3.63, 3.8) is 0 Å². The zero-order valence-corrected chi connectivity index (χ0v) is 16.1. The van der Waals surface area contributed by atoms with E-state index < -0.39 is 16.7 Å². The number of nitro groups is 1. The van der Waals surface area contributed by atoms with Gasteiger partial charge in [-0.25, -0.2) is 4.99 Å². The van der Waals surface area contributed by atoms with Gasteiger partial charge in [-0.3, -0.25) is 19.7 Å². The number of aryl methyl sites for hydroxylation is 1. The van der Waals surface area contributed by atoms with Gasteiger partial charge in [-0.05, 0) is 48.7 Å². The van der Waals surface area contributed by atoms with Gasteiger partial charge in [-0.2, -0.15) is 0 Å². The highest BCUT2D eigenvalue weighted by atomic mass is 35.5. The van der Waals surface area contributed by atoms with E-state index >= 15 is 0 Å². The van der Waals surface area contributed by atoms with Crippen LogP contribution in [0.2, 0.25) is 5.02 Å². The molecular formula is C20H18ClN3O4. The molecule has 1 N–H and O–H groups in total. The number of halogens is 1. The standard InChI is InChI=1S/C20H18ClN3O4/c1-11-3-4-13-9-15(20(26)23-18(13)12(11)2)7-8-22-19(25)14-5-6-16(21)17(10-14)24(27)28/h3-6,9-10,15H,7-8H2,1-2H3,(H,22,25). The minimum absolute atomic E-state index is 0.0326. The molecule has 8 heteroatoms. The Hall–Kier alpha value is -3.06. The number of nitro benzene ring substituents is 1. The Labute approximate surface area is 165 Å². The Morgan fingerprint density at radius 2 is 2.04 bits per heavy atom. The molecule has 1 atom stereocenters. The van der Waals surface area contributed by atoms with E-state index in [1.54, 1.807) is 0 Å². The number of nitrogens with zero attached hydrogens (tertiary/aromatic N) is 2. The lowest BCUT2D eigenvalue weighted by Crippen LogP contribution is -2.37. The molecule has 2 aromatic carbocycles. The highest BCUT2D eigenvalue weighted by molar-refractivity contribution is 6.32. The Balaban J connectivity index is 1.68. The Bertz CT molecular complexity index is 1110. The van der Waals surface area contributed by atoms with Gasteiger partial charge in [0.25, 0.3) is 17.5 Å². The van der Waals surface area contributed by atoms with Crippen LogP contribution in [0.5, 0.6) is 0 Å². The first-order chi connectivity index (χ1) is 13.3. The van der Waals surface area contributed by atoms with Crippen LogP contribution in [0.1, 0.15) is 27.9 Å². The van der Waals surface area contributed by atoms with Crippen LogP contribution in [0, 0.1) is 29.9 Å². The quantitative estimate of drug-likeness (QED) is 0.615. The maximum atomic E-state index is 12.3. The summed E-state index contributed by atoms with van der Waals surface area (Å²) in [6, 6.07) is 7.78. The zero-order chi connectivity index (χ0) is 20.4. The predicted octanol–water partition coefficient (Wildman–Crippen LogP) is 2.24. The monoisotopic (exact) mass is 399 g/mol. The molecular weight excluding hydrogens is 382 g/mol. The van der Waals surface area contributed by atoms with E-state index in [9.17, 15) is 19.7 Å². The van der Waals surface area contributed by atoms with Crippen molar-refractivity contribution in [1.82, 2.24) is 5.32 Å². The van der Waals surface area contributed by atoms with Crippen LogP contribution in [0.4, 0.5) is 5.69 Å². The molecule has 0 spiro atoms. The zero-order valence-electron chi connectivity index (χ0n) is 15.4. The SMILES string of the molecule is Cc1ccc2c(c1C)=NC(=O)C(CCNC(=O)c1ccc(Cl)c([N+](=O)[O-])c1)C=2. The van der Waals surface area contributed by atoms with Gasteiger partial charge in [0.05, 0.1) is 16.2 Å². The van der Waals surface area contributed by atoms with E-state index in [-0.39, 0.29) is 28.7 Å². The van der Waals surface area contributed by atoms with Crippen LogP contribution in [-0.2, 0) is 4.79 Å². The average Bonchev–Trinajstić information content (AvgIpc) is 2.66. The summed E-state index contributed by atoms with van der Waals surface area (Å²) in [6.07, 6.45) is 2.26. The number of rotatable bonds is 5. The number of hydrogen-bond donors (Lipinski definition) is 1. The number of benzene rings is 2. The first kappa shape index (κ1) is 19.7. The molecule has 0 bridgehead atoms. The van der Waals surface area contributed by atoms with Crippen LogP contribution in [-0.4, -0.2) is 23.3 Å². The van der Waals surface area contributed by atoms with Crippen molar-refractivity contribution in [1.29, 1.82) is 0 Å². The number of carbonyl (C=O) groups excluding carboxylic acids is 2. The number of fused-ring (bicyclic) bond motifs is 1. The van der Waals surface area contributed by atoms with Gasteiger partial charge < -0.3 is 5.32 Å². The third-order valence-corrected chi connectivity index (χ3v) is 5.12. The lowest BCUT2D eigenvalue weighted by molar-refractivity contribution is -0.384. The van der Waals surface area contributed by atoms with Crippen molar-refractivity contribution in [2.45, 2.75) is 20.3 Å². The summed E-state index contributed by atoms with van der Waals surface area (Å²) in [4.78, 5) is 39.1. The Morgan fingerprint density at radius 1 is 1.29 bits per heavy atom. The fraction of sp³-hybridized carbons (Fsp3) is 0.250. The van der Waals surface area contributed by atoms with Gasteiger partial charge in [0.1, 0.15) is 5.02 Å². The summed E-state index contributed by atoms with van der Waals surface area (Å²) >= 11 is 5.75. The van der Waals surface area contributed by atoms with Crippen LogP contribution in [0.25, 0.3) is 6.08 Å². The third-order valence-electron chi connectivity index (χ3n) is 4.80. The molecule has 2 amide bonds.